The fraction of sp³-hybridized carbons (Fsp3) is 0.625. The summed E-state index contributed by atoms with van der Waals surface area (Å²) in [4.78, 5) is 2.43. The SMILES string of the molecule is COCCNCc1ccc(Cl)cc1N(CCOC)C1CC1. The number of halogens is 1. The van der Waals surface area contributed by atoms with Crippen LogP contribution in [0.3, 0.4) is 0 Å². The third-order valence-corrected chi connectivity index (χ3v) is 3.91. The summed E-state index contributed by atoms with van der Waals surface area (Å²) in [5.41, 5.74) is 2.51. The van der Waals surface area contributed by atoms with Crippen LogP contribution in [0.1, 0.15) is 18.4 Å². The normalized spacial score (nSPS) is 14.4. The van der Waals surface area contributed by atoms with Gasteiger partial charge in [-0.1, -0.05) is 17.7 Å². The van der Waals surface area contributed by atoms with Crippen molar-refractivity contribution < 1.29 is 9.47 Å². The van der Waals surface area contributed by atoms with E-state index in [1.807, 2.05) is 6.07 Å². The van der Waals surface area contributed by atoms with Gasteiger partial charge in [0.05, 0.1) is 13.2 Å². The van der Waals surface area contributed by atoms with E-state index in [1.54, 1.807) is 14.2 Å². The molecular formula is C16H25ClN2O2. The number of anilines is 1. The molecule has 1 aliphatic carbocycles. The molecule has 0 bridgehead atoms. The fourth-order valence-electron chi connectivity index (χ4n) is 2.43. The first-order valence-electron chi connectivity index (χ1n) is 7.50. The largest absolute Gasteiger partial charge is 0.383 e. The molecule has 0 radical (unpaired) electrons. The van der Waals surface area contributed by atoms with E-state index in [-0.39, 0.29) is 0 Å². The minimum absolute atomic E-state index is 0.636. The first-order chi connectivity index (χ1) is 10.3. The topological polar surface area (TPSA) is 33.7 Å². The Labute approximate surface area is 132 Å². The Hall–Kier alpha value is -0.810. The van der Waals surface area contributed by atoms with Crippen LogP contribution in [0, 0.1) is 0 Å². The highest BCUT2D eigenvalue weighted by Gasteiger charge is 2.30. The highest BCUT2D eigenvalue weighted by Crippen LogP contribution is 2.34. The van der Waals surface area contributed by atoms with Crippen LogP contribution in [-0.2, 0) is 16.0 Å². The third-order valence-electron chi connectivity index (χ3n) is 3.68. The number of hydrogen-bond donors (Lipinski definition) is 1. The quantitative estimate of drug-likeness (QED) is 0.674. The third kappa shape index (κ3) is 5.15. The monoisotopic (exact) mass is 312 g/mol. The predicted molar refractivity (Wildman–Crippen MR) is 87.3 cm³/mol. The molecule has 0 aromatic heterocycles. The molecule has 1 fully saturated rings. The summed E-state index contributed by atoms with van der Waals surface area (Å²) >= 11 is 6.21. The minimum atomic E-state index is 0.636. The predicted octanol–water partition coefficient (Wildman–Crippen LogP) is 2.69. The van der Waals surface area contributed by atoms with Gasteiger partial charge >= 0.3 is 0 Å². The Morgan fingerprint density at radius 3 is 2.67 bits per heavy atom. The van der Waals surface area contributed by atoms with Gasteiger partial charge in [0.1, 0.15) is 0 Å². The van der Waals surface area contributed by atoms with Gasteiger partial charge in [0.25, 0.3) is 0 Å². The van der Waals surface area contributed by atoms with Gasteiger partial charge < -0.3 is 19.7 Å². The van der Waals surface area contributed by atoms with E-state index in [4.69, 9.17) is 21.1 Å². The molecular weight excluding hydrogens is 288 g/mol. The van der Waals surface area contributed by atoms with Crippen molar-refractivity contribution in [1.29, 1.82) is 0 Å². The Bertz CT molecular complexity index is 438. The summed E-state index contributed by atoms with van der Waals surface area (Å²) in [5, 5.41) is 4.19. The Morgan fingerprint density at radius 1 is 1.24 bits per heavy atom. The van der Waals surface area contributed by atoms with Crippen LogP contribution < -0.4 is 10.2 Å². The smallest absolute Gasteiger partial charge is 0.0637 e. The lowest BCUT2D eigenvalue weighted by molar-refractivity contribution is 0.199. The van der Waals surface area contributed by atoms with Gasteiger partial charge in [0.2, 0.25) is 0 Å². The molecule has 21 heavy (non-hydrogen) atoms. The van der Waals surface area contributed by atoms with E-state index < -0.39 is 0 Å². The summed E-state index contributed by atoms with van der Waals surface area (Å²) in [5.74, 6) is 0. The van der Waals surface area contributed by atoms with E-state index in [1.165, 1.54) is 24.1 Å². The highest BCUT2D eigenvalue weighted by molar-refractivity contribution is 6.30. The number of rotatable bonds is 10. The number of nitrogens with one attached hydrogen (secondary N) is 1. The van der Waals surface area contributed by atoms with Gasteiger partial charge in [0, 0.05) is 50.6 Å². The second kappa shape index (κ2) is 8.59. The van der Waals surface area contributed by atoms with Crippen LogP contribution in [0.2, 0.25) is 5.02 Å². The number of methoxy groups -OCH3 is 2. The van der Waals surface area contributed by atoms with E-state index >= 15 is 0 Å². The maximum absolute atomic E-state index is 6.21. The zero-order chi connectivity index (χ0) is 15.1. The van der Waals surface area contributed by atoms with Crippen LogP contribution in [0.25, 0.3) is 0 Å². The van der Waals surface area contributed by atoms with Crippen molar-refractivity contribution in [1.82, 2.24) is 5.32 Å². The van der Waals surface area contributed by atoms with E-state index in [0.29, 0.717) is 6.04 Å². The van der Waals surface area contributed by atoms with Crippen LogP contribution in [-0.4, -0.2) is 46.6 Å². The summed E-state index contributed by atoms with van der Waals surface area (Å²) in [7, 11) is 3.46. The zero-order valence-electron chi connectivity index (χ0n) is 12.9. The lowest BCUT2D eigenvalue weighted by Gasteiger charge is -2.27. The van der Waals surface area contributed by atoms with Crippen molar-refractivity contribution in [2.45, 2.75) is 25.4 Å². The Morgan fingerprint density at radius 2 is 2.00 bits per heavy atom. The molecule has 0 saturated heterocycles. The first kappa shape index (κ1) is 16.6. The molecule has 1 aromatic carbocycles. The standard InChI is InChI=1S/C16H25ClN2O2/c1-20-9-7-18-12-13-3-4-14(17)11-16(13)19(8-10-21-2)15-5-6-15/h3-4,11,15,18H,5-10,12H2,1-2H3. The Balaban J connectivity index is 2.08. The van der Waals surface area contributed by atoms with Gasteiger partial charge in [-0.25, -0.2) is 0 Å². The van der Waals surface area contributed by atoms with Crippen molar-refractivity contribution in [3.05, 3.63) is 28.8 Å². The molecule has 1 saturated carbocycles. The lowest BCUT2D eigenvalue weighted by Crippen LogP contribution is -2.31. The van der Waals surface area contributed by atoms with E-state index in [2.05, 4.69) is 22.3 Å². The maximum atomic E-state index is 6.21. The molecule has 0 atom stereocenters. The summed E-state index contributed by atoms with van der Waals surface area (Å²) in [6.45, 7) is 4.04. The van der Waals surface area contributed by atoms with Crippen LogP contribution in [0.4, 0.5) is 5.69 Å². The molecule has 0 unspecified atom stereocenters. The number of benzene rings is 1. The van der Waals surface area contributed by atoms with Crippen molar-refractivity contribution in [3.63, 3.8) is 0 Å². The molecule has 5 heteroatoms. The van der Waals surface area contributed by atoms with Crippen LogP contribution in [0.5, 0.6) is 0 Å². The minimum Gasteiger partial charge on any atom is -0.383 e. The molecule has 1 N–H and O–H groups in total. The van der Waals surface area contributed by atoms with Crippen molar-refractivity contribution in [3.8, 4) is 0 Å². The summed E-state index contributed by atoms with van der Waals surface area (Å²) in [6.07, 6.45) is 2.51. The van der Waals surface area contributed by atoms with Crippen molar-refractivity contribution >= 4 is 17.3 Å². The average molecular weight is 313 g/mol. The van der Waals surface area contributed by atoms with Gasteiger partial charge in [-0.2, -0.15) is 0 Å². The molecule has 0 heterocycles. The van der Waals surface area contributed by atoms with E-state index in [0.717, 1.165) is 37.9 Å². The molecule has 2 rings (SSSR count). The zero-order valence-corrected chi connectivity index (χ0v) is 13.7. The van der Waals surface area contributed by atoms with E-state index in [9.17, 15) is 0 Å². The molecule has 0 amide bonds. The van der Waals surface area contributed by atoms with Gasteiger partial charge in [0.15, 0.2) is 0 Å². The molecule has 1 aliphatic rings. The lowest BCUT2D eigenvalue weighted by atomic mass is 10.1. The summed E-state index contributed by atoms with van der Waals surface area (Å²) in [6, 6.07) is 6.78. The second-order valence-corrected chi connectivity index (χ2v) is 5.80. The van der Waals surface area contributed by atoms with Crippen LogP contribution in [0.15, 0.2) is 18.2 Å². The fourth-order valence-corrected chi connectivity index (χ4v) is 2.59. The van der Waals surface area contributed by atoms with Gasteiger partial charge in [-0.05, 0) is 30.5 Å². The van der Waals surface area contributed by atoms with Gasteiger partial charge in [-0.15, -0.1) is 0 Å². The average Bonchev–Trinajstić information content (AvgIpc) is 3.30. The summed E-state index contributed by atoms with van der Waals surface area (Å²) < 4.78 is 10.3. The molecule has 1 aromatic rings. The molecule has 4 nitrogen and oxygen atoms in total. The highest BCUT2D eigenvalue weighted by atomic mass is 35.5. The molecule has 0 aliphatic heterocycles. The number of ether oxygens (including phenoxy) is 2. The number of nitrogens with zero attached hydrogens (tertiary/aromatic N) is 1. The molecule has 0 spiro atoms. The maximum Gasteiger partial charge on any atom is 0.0637 e. The van der Waals surface area contributed by atoms with Crippen LogP contribution >= 0.6 is 11.6 Å². The van der Waals surface area contributed by atoms with Gasteiger partial charge in [-0.3, -0.25) is 0 Å². The number of hydrogen-bond acceptors (Lipinski definition) is 4. The van der Waals surface area contributed by atoms with Crippen molar-refractivity contribution in [2.75, 3.05) is 45.4 Å². The second-order valence-electron chi connectivity index (χ2n) is 5.36. The molecule has 118 valence electrons. The Kier molecular flexibility index (Phi) is 6.77. The van der Waals surface area contributed by atoms with Crippen molar-refractivity contribution in [2.24, 2.45) is 0 Å². The first-order valence-corrected chi connectivity index (χ1v) is 7.87.